The van der Waals surface area contributed by atoms with Crippen molar-refractivity contribution in [3.63, 3.8) is 0 Å². The molecule has 0 saturated carbocycles. The normalized spacial score (nSPS) is 10.5. The van der Waals surface area contributed by atoms with E-state index in [2.05, 4.69) is 10.4 Å². The summed E-state index contributed by atoms with van der Waals surface area (Å²) in [6.07, 6.45) is 0. The van der Waals surface area contributed by atoms with Gasteiger partial charge in [0.15, 0.2) is 0 Å². The van der Waals surface area contributed by atoms with Crippen molar-refractivity contribution in [3.8, 4) is 0 Å². The van der Waals surface area contributed by atoms with E-state index in [-0.39, 0.29) is 12.5 Å². The molecule has 5 heteroatoms. The van der Waals surface area contributed by atoms with Gasteiger partial charge in [0.2, 0.25) is 5.91 Å². The summed E-state index contributed by atoms with van der Waals surface area (Å²) in [6.45, 7) is 4.49. The lowest BCUT2D eigenvalue weighted by atomic mass is 10.2. The third kappa shape index (κ3) is 3.58. The number of carbonyl (C=O) groups excluding carboxylic acids is 1. The third-order valence-electron chi connectivity index (χ3n) is 2.83. The first-order valence-corrected chi connectivity index (χ1v) is 6.45. The molecule has 1 amide bonds. The first-order valence-electron chi connectivity index (χ1n) is 6.07. The van der Waals surface area contributed by atoms with Crippen molar-refractivity contribution in [2.75, 3.05) is 0 Å². The molecule has 1 N–H and O–H groups in total. The van der Waals surface area contributed by atoms with E-state index in [4.69, 9.17) is 11.6 Å². The Labute approximate surface area is 117 Å². The van der Waals surface area contributed by atoms with Crippen LogP contribution in [0.1, 0.15) is 17.0 Å². The van der Waals surface area contributed by atoms with Gasteiger partial charge in [0.25, 0.3) is 0 Å². The fraction of sp³-hybridized carbons (Fsp3) is 0.286. The molecule has 2 aromatic rings. The first-order chi connectivity index (χ1) is 9.06. The highest BCUT2D eigenvalue weighted by Gasteiger charge is 2.07. The Morgan fingerprint density at radius 3 is 2.74 bits per heavy atom. The second-order valence-corrected chi connectivity index (χ2v) is 4.86. The van der Waals surface area contributed by atoms with E-state index in [9.17, 15) is 4.79 Å². The number of nitrogens with zero attached hydrogens (tertiary/aromatic N) is 2. The highest BCUT2D eigenvalue weighted by molar-refractivity contribution is 6.31. The maximum absolute atomic E-state index is 11.8. The highest BCUT2D eigenvalue weighted by Crippen LogP contribution is 2.14. The molecule has 0 unspecified atom stereocenters. The van der Waals surface area contributed by atoms with E-state index >= 15 is 0 Å². The van der Waals surface area contributed by atoms with Crippen LogP contribution < -0.4 is 5.32 Å². The van der Waals surface area contributed by atoms with Gasteiger partial charge in [-0.25, -0.2) is 0 Å². The number of rotatable bonds is 4. The molecule has 0 radical (unpaired) electrons. The standard InChI is InChI=1S/C14H16ClN3O/c1-10-7-11(2)18(17-10)9-14(19)16-8-12-5-3-4-6-13(12)15/h3-7H,8-9H2,1-2H3,(H,16,19). The van der Waals surface area contributed by atoms with Crippen molar-refractivity contribution in [1.82, 2.24) is 15.1 Å². The molecule has 0 saturated heterocycles. The Bertz CT molecular complexity index is 592. The largest absolute Gasteiger partial charge is 0.350 e. The average molecular weight is 278 g/mol. The number of hydrogen-bond donors (Lipinski definition) is 1. The van der Waals surface area contributed by atoms with Gasteiger partial charge < -0.3 is 5.32 Å². The molecular weight excluding hydrogens is 262 g/mol. The van der Waals surface area contributed by atoms with Crippen molar-refractivity contribution in [2.45, 2.75) is 26.9 Å². The quantitative estimate of drug-likeness (QED) is 0.933. The van der Waals surface area contributed by atoms with Crippen LogP contribution in [-0.2, 0) is 17.9 Å². The molecule has 0 fully saturated rings. The van der Waals surface area contributed by atoms with Crippen molar-refractivity contribution >= 4 is 17.5 Å². The van der Waals surface area contributed by atoms with Gasteiger partial charge in [0, 0.05) is 17.3 Å². The predicted octanol–water partition coefficient (Wildman–Crippen LogP) is 2.47. The van der Waals surface area contributed by atoms with Gasteiger partial charge in [-0.3, -0.25) is 9.48 Å². The van der Waals surface area contributed by atoms with E-state index in [0.717, 1.165) is 17.0 Å². The highest BCUT2D eigenvalue weighted by atomic mass is 35.5. The van der Waals surface area contributed by atoms with Crippen LogP contribution in [0, 0.1) is 13.8 Å². The van der Waals surface area contributed by atoms with Crippen molar-refractivity contribution in [2.24, 2.45) is 0 Å². The van der Waals surface area contributed by atoms with Crippen molar-refractivity contribution in [1.29, 1.82) is 0 Å². The summed E-state index contributed by atoms with van der Waals surface area (Å²) in [5.74, 6) is -0.0777. The number of aryl methyl sites for hydroxylation is 2. The summed E-state index contributed by atoms with van der Waals surface area (Å²) in [4.78, 5) is 11.8. The van der Waals surface area contributed by atoms with Crippen LogP contribution in [0.2, 0.25) is 5.02 Å². The molecule has 0 aliphatic carbocycles. The zero-order chi connectivity index (χ0) is 13.8. The van der Waals surface area contributed by atoms with Crippen molar-refractivity contribution < 1.29 is 4.79 Å². The Hall–Kier alpha value is -1.81. The van der Waals surface area contributed by atoms with Gasteiger partial charge in [-0.05, 0) is 31.5 Å². The molecule has 0 spiro atoms. The molecule has 1 heterocycles. The maximum atomic E-state index is 11.8. The molecule has 1 aromatic carbocycles. The van der Waals surface area contributed by atoms with E-state index in [1.165, 1.54) is 0 Å². The van der Waals surface area contributed by atoms with Gasteiger partial charge in [-0.15, -0.1) is 0 Å². The van der Waals surface area contributed by atoms with Crippen molar-refractivity contribution in [3.05, 3.63) is 52.3 Å². The van der Waals surface area contributed by atoms with Crippen LogP contribution in [0.4, 0.5) is 0 Å². The van der Waals surface area contributed by atoms with Crippen LogP contribution in [0.25, 0.3) is 0 Å². The summed E-state index contributed by atoms with van der Waals surface area (Å²) in [7, 11) is 0. The van der Waals surface area contributed by atoms with Crippen LogP contribution in [0.15, 0.2) is 30.3 Å². The Kier molecular flexibility index (Phi) is 4.22. The molecule has 4 nitrogen and oxygen atoms in total. The zero-order valence-corrected chi connectivity index (χ0v) is 11.7. The summed E-state index contributed by atoms with van der Waals surface area (Å²) in [5, 5.41) is 7.75. The minimum Gasteiger partial charge on any atom is -0.350 e. The molecule has 1 aromatic heterocycles. The smallest absolute Gasteiger partial charge is 0.242 e. The Balaban J connectivity index is 1.92. The summed E-state index contributed by atoms with van der Waals surface area (Å²) in [5.41, 5.74) is 2.80. The topological polar surface area (TPSA) is 46.9 Å². The summed E-state index contributed by atoms with van der Waals surface area (Å²) >= 11 is 6.03. The summed E-state index contributed by atoms with van der Waals surface area (Å²) < 4.78 is 1.69. The minimum atomic E-state index is -0.0777. The van der Waals surface area contributed by atoms with Crippen LogP contribution in [0.3, 0.4) is 0 Å². The number of carbonyl (C=O) groups is 1. The zero-order valence-electron chi connectivity index (χ0n) is 11.0. The molecule has 100 valence electrons. The van der Waals surface area contributed by atoms with Gasteiger partial charge >= 0.3 is 0 Å². The molecular formula is C14H16ClN3O. The third-order valence-corrected chi connectivity index (χ3v) is 3.20. The number of benzene rings is 1. The average Bonchev–Trinajstić information content (AvgIpc) is 2.67. The lowest BCUT2D eigenvalue weighted by molar-refractivity contribution is -0.122. The number of aromatic nitrogens is 2. The van der Waals surface area contributed by atoms with Gasteiger partial charge in [0.1, 0.15) is 6.54 Å². The van der Waals surface area contributed by atoms with E-state index in [1.807, 2.05) is 44.2 Å². The van der Waals surface area contributed by atoms with E-state index in [0.29, 0.717) is 11.6 Å². The Morgan fingerprint density at radius 2 is 2.11 bits per heavy atom. The van der Waals surface area contributed by atoms with Gasteiger partial charge in [-0.1, -0.05) is 29.8 Å². The molecule has 0 aliphatic rings. The lowest BCUT2D eigenvalue weighted by Gasteiger charge is -2.08. The predicted molar refractivity (Wildman–Crippen MR) is 75.0 cm³/mol. The SMILES string of the molecule is Cc1cc(C)n(CC(=O)NCc2ccccc2Cl)n1. The van der Waals surface area contributed by atoms with Crippen LogP contribution in [0.5, 0.6) is 0 Å². The maximum Gasteiger partial charge on any atom is 0.242 e. The van der Waals surface area contributed by atoms with Crippen LogP contribution >= 0.6 is 11.6 Å². The van der Waals surface area contributed by atoms with E-state index < -0.39 is 0 Å². The van der Waals surface area contributed by atoms with Gasteiger partial charge in [-0.2, -0.15) is 5.10 Å². The second-order valence-electron chi connectivity index (χ2n) is 4.45. The number of halogens is 1. The fourth-order valence-electron chi connectivity index (χ4n) is 1.86. The first kappa shape index (κ1) is 13.6. The minimum absolute atomic E-state index is 0.0777. The van der Waals surface area contributed by atoms with E-state index in [1.54, 1.807) is 4.68 Å². The second kappa shape index (κ2) is 5.89. The summed E-state index contributed by atoms with van der Waals surface area (Å²) in [6, 6.07) is 9.41. The fourth-order valence-corrected chi connectivity index (χ4v) is 2.07. The van der Waals surface area contributed by atoms with Crippen LogP contribution in [-0.4, -0.2) is 15.7 Å². The Morgan fingerprint density at radius 1 is 1.37 bits per heavy atom. The number of amides is 1. The molecule has 0 aliphatic heterocycles. The van der Waals surface area contributed by atoms with Gasteiger partial charge in [0.05, 0.1) is 5.69 Å². The molecule has 0 bridgehead atoms. The number of hydrogen-bond acceptors (Lipinski definition) is 2. The molecule has 19 heavy (non-hydrogen) atoms. The molecule has 0 atom stereocenters. The lowest BCUT2D eigenvalue weighted by Crippen LogP contribution is -2.28. The molecule has 2 rings (SSSR count). The number of nitrogens with one attached hydrogen (secondary N) is 1. The monoisotopic (exact) mass is 277 g/mol.